The Labute approximate surface area is 174 Å². The minimum atomic E-state index is -0.648. The first-order valence-electron chi connectivity index (χ1n) is 9.66. The maximum atomic E-state index is 14.1. The highest BCUT2D eigenvalue weighted by molar-refractivity contribution is 5.67. The first-order valence-corrected chi connectivity index (χ1v) is 9.66. The molecule has 3 rings (SSSR count). The molecule has 1 fully saturated rings. The van der Waals surface area contributed by atoms with Gasteiger partial charge in [-0.15, -0.1) is 0 Å². The summed E-state index contributed by atoms with van der Waals surface area (Å²) in [5, 5.41) is 0. The highest BCUT2D eigenvalue weighted by atomic mass is 19.1. The molecular formula is C21H23FN4O4. The lowest BCUT2D eigenvalue weighted by atomic mass is 10.1. The van der Waals surface area contributed by atoms with Gasteiger partial charge in [0.25, 0.3) is 0 Å². The third kappa shape index (κ3) is 5.14. The summed E-state index contributed by atoms with van der Waals surface area (Å²) < 4.78 is 30.9. The molecular weight excluding hydrogens is 391 g/mol. The Morgan fingerprint density at radius 3 is 2.60 bits per heavy atom. The highest BCUT2D eigenvalue weighted by Crippen LogP contribution is 2.31. The highest BCUT2D eigenvalue weighted by Gasteiger charge is 2.26. The van der Waals surface area contributed by atoms with Gasteiger partial charge in [-0.3, -0.25) is 0 Å². The van der Waals surface area contributed by atoms with Gasteiger partial charge in [-0.1, -0.05) is 6.07 Å². The van der Waals surface area contributed by atoms with Crippen LogP contribution in [-0.4, -0.2) is 46.3 Å². The van der Waals surface area contributed by atoms with Crippen LogP contribution in [0.2, 0.25) is 0 Å². The summed E-state index contributed by atoms with van der Waals surface area (Å²) in [5.41, 5.74) is 0.722. The van der Waals surface area contributed by atoms with Gasteiger partial charge in [0, 0.05) is 25.9 Å². The second kappa shape index (κ2) is 9.39. The molecule has 0 radical (unpaired) electrons. The number of benzene rings is 1. The van der Waals surface area contributed by atoms with Crippen LogP contribution in [0.4, 0.5) is 14.9 Å². The standard InChI is InChI=1S/C21H23FN4O4/c1-13(2)28-21(27)26-9-7-16(8-10-26)29-19-14(3)20(25-12-24-19)30-18-6-5-15(23-4)11-17(18)22/h5-6,11-13,16H,7-10H2,1-3H3. The Morgan fingerprint density at radius 1 is 1.27 bits per heavy atom. The Kier molecular flexibility index (Phi) is 6.67. The zero-order valence-corrected chi connectivity index (χ0v) is 17.1. The van der Waals surface area contributed by atoms with Crippen LogP contribution >= 0.6 is 0 Å². The molecule has 1 aromatic heterocycles. The molecule has 1 aliphatic rings. The van der Waals surface area contributed by atoms with E-state index >= 15 is 0 Å². The molecule has 0 N–H and O–H groups in total. The number of halogens is 1. The van der Waals surface area contributed by atoms with Gasteiger partial charge in [-0.2, -0.15) is 0 Å². The number of aromatic nitrogens is 2. The van der Waals surface area contributed by atoms with Gasteiger partial charge in [0.2, 0.25) is 11.8 Å². The minimum Gasteiger partial charge on any atom is -0.474 e. The van der Waals surface area contributed by atoms with Gasteiger partial charge in [-0.05, 0) is 32.9 Å². The van der Waals surface area contributed by atoms with E-state index in [-0.39, 0.29) is 35.6 Å². The number of likely N-dealkylation sites (tertiary alicyclic amines) is 1. The molecule has 1 aliphatic heterocycles. The third-order valence-corrected chi connectivity index (χ3v) is 4.56. The lowest BCUT2D eigenvalue weighted by molar-refractivity contribution is 0.0505. The normalized spacial score (nSPS) is 14.3. The lowest BCUT2D eigenvalue weighted by Gasteiger charge is -2.31. The number of amides is 1. The fourth-order valence-corrected chi connectivity index (χ4v) is 2.98. The quantitative estimate of drug-likeness (QED) is 0.663. The van der Waals surface area contributed by atoms with Crippen LogP contribution < -0.4 is 9.47 Å². The van der Waals surface area contributed by atoms with E-state index < -0.39 is 5.82 Å². The van der Waals surface area contributed by atoms with Crippen molar-refractivity contribution >= 4 is 11.8 Å². The number of piperidine rings is 1. The molecule has 30 heavy (non-hydrogen) atoms. The number of hydrogen-bond donors (Lipinski definition) is 0. The van der Waals surface area contributed by atoms with E-state index in [0.717, 1.165) is 6.07 Å². The molecule has 0 spiro atoms. The molecule has 0 atom stereocenters. The van der Waals surface area contributed by atoms with Gasteiger partial charge in [0.05, 0.1) is 18.2 Å². The summed E-state index contributed by atoms with van der Waals surface area (Å²) in [6.45, 7) is 13.4. The van der Waals surface area contributed by atoms with Crippen molar-refractivity contribution in [3.05, 3.63) is 47.3 Å². The van der Waals surface area contributed by atoms with Crippen molar-refractivity contribution in [2.24, 2.45) is 0 Å². The zero-order valence-electron chi connectivity index (χ0n) is 17.1. The fraction of sp³-hybridized carbons (Fsp3) is 0.429. The number of hydrogen-bond acceptors (Lipinski definition) is 6. The maximum Gasteiger partial charge on any atom is 0.410 e. The molecule has 0 bridgehead atoms. The topological polar surface area (TPSA) is 78.1 Å². The summed E-state index contributed by atoms with van der Waals surface area (Å²) in [6, 6.07) is 3.96. The smallest absolute Gasteiger partial charge is 0.410 e. The van der Waals surface area contributed by atoms with Crippen molar-refractivity contribution in [3.63, 3.8) is 0 Å². The molecule has 0 saturated carbocycles. The predicted molar refractivity (Wildman–Crippen MR) is 106 cm³/mol. The Hall–Kier alpha value is -3.41. The van der Waals surface area contributed by atoms with Crippen LogP contribution in [-0.2, 0) is 4.74 Å². The van der Waals surface area contributed by atoms with E-state index in [0.29, 0.717) is 37.4 Å². The van der Waals surface area contributed by atoms with Crippen molar-refractivity contribution < 1.29 is 23.4 Å². The Balaban J connectivity index is 1.63. The average Bonchev–Trinajstić information content (AvgIpc) is 2.72. The van der Waals surface area contributed by atoms with Crippen LogP contribution in [0.15, 0.2) is 24.5 Å². The first kappa shape index (κ1) is 21.3. The second-order valence-electron chi connectivity index (χ2n) is 7.17. The lowest BCUT2D eigenvalue weighted by Crippen LogP contribution is -2.42. The van der Waals surface area contributed by atoms with Crippen molar-refractivity contribution in [1.29, 1.82) is 0 Å². The number of ether oxygens (including phenoxy) is 3. The predicted octanol–water partition coefficient (Wildman–Crippen LogP) is 4.66. The Morgan fingerprint density at radius 2 is 1.97 bits per heavy atom. The summed E-state index contributed by atoms with van der Waals surface area (Å²) in [6.07, 6.45) is 1.97. The Bertz CT molecular complexity index is 953. The molecule has 1 saturated heterocycles. The van der Waals surface area contributed by atoms with Crippen molar-refractivity contribution in [2.75, 3.05) is 13.1 Å². The SMILES string of the molecule is [C-]#[N+]c1ccc(Oc2ncnc(OC3CCN(C(=O)OC(C)C)CC3)c2C)c(F)c1. The zero-order chi connectivity index (χ0) is 21.7. The van der Waals surface area contributed by atoms with Crippen LogP contribution in [0.25, 0.3) is 4.85 Å². The minimum absolute atomic E-state index is 0.0351. The number of nitrogens with zero attached hydrogens (tertiary/aromatic N) is 4. The van der Waals surface area contributed by atoms with Gasteiger partial charge in [0.15, 0.2) is 17.3 Å². The summed E-state index contributed by atoms with van der Waals surface area (Å²) in [4.78, 5) is 25.1. The van der Waals surface area contributed by atoms with Gasteiger partial charge >= 0.3 is 6.09 Å². The van der Waals surface area contributed by atoms with Crippen molar-refractivity contribution in [3.8, 4) is 17.5 Å². The number of carbonyl (C=O) groups excluding carboxylic acids is 1. The van der Waals surface area contributed by atoms with Crippen molar-refractivity contribution in [2.45, 2.75) is 45.8 Å². The molecule has 0 aliphatic carbocycles. The van der Waals surface area contributed by atoms with E-state index in [1.54, 1.807) is 11.8 Å². The average molecular weight is 414 g/mol. The molecule has 8 nitrogen and oxygen atoms in total. The summed E-state index contributed by atoms with van der Waals surface area (Å²) in [5.74, 6) is -0.162. The maximum absolute atomic E-state index is 14.1. The van der Waals surface area contributed by atoms with E-state index in [1.165, 1.54) is 18.5 Å². The number of carbonyl (C=O) groups is 1. The van der Waals surface area contributed by atoms with Gasteiger partial charge < -0.3 is 19.1 Å². The second-order valence-corrected chi connectivity index (χ2v) is 7.17. The summed E-state index contributed by atoms with van der Waals surface area (Å²) in [7, 11) is 0. The molecule has 0 unspecified atom stereocenters. The third-order valence-electron chi connectivity index (χ3n) is 4.56. The molecule has 158 valence electrons. The first-order chi connectivity index (χ1) is 14.4. The van der Waals surface area contributed by atoms with E-state index in [2.05, 4.69) is 14.8 Å². The van der Waals surface area contributed by atoms with Crippen LogP contribution in [0.5, 0.6) is 17.5 Å². The molecule has 9 heteroatoms. The van der Waals surface area contributed by atoms with E-state index in [4.69, 9.17) is 20.8 Å². The molecule has 2 heterocycles. The largest absolute Gasteiger partial charge is 0.474 e. The monoisotopic (exact) mass is 414 g/mol. The van der Waals surface area contributed by atoms with Crippen LogP contribution in [0.1, 0.15) is 32.3 Å². The van der Waals surface area contributed by atoms with Gasteiger partial charge in [-0.25, -0.2) is 24.0 Å². The number of rotatable bonds is 5. The molecule has 1 amide bonds. The van der Waals surface area contributed by atoms with E-state index in [1.807, 2.05) is 13.8 Å². The van der Waals surface area contributed by atoms with Crippen LogP contribution in [0.3, 0.4) is 0 Å². The van der Waals surface area contributed by atoms with Crippen molar-refractivity contribution in [1.82, 2.24) is 14.9 Å². The molecule has 2 aromatic rings. The van der Waals surface area contributed by atoms with Crippen LogP contribution in [0, 0.1) is 19.3 Å². The summed E-state index contributed by atoms with van der Waals surface area (Å²) >= 11 is 0. The fourth-order valence-electron chi connectivity index (χ4n) is 2.98. The molecule has 1 aromatic carbocycles. The van der Waals surface area contributed by atoms with Gasteiger partial charge in [0.1, 0.15) is 12.4 Å². The van der Waals surface area contributed by atoms with E-state index in [9.17, 15) is 9.18 Å².